The first-order chi connectivity index (χ1) is 19.6. The Bertz CT molecular complexity index is 1430. The Balaban J connectivity index is 0.000000316. The fourth-order valence-corrected chi connectivity index (χ4v) is 4.37. The monoisotopic (exact) mass is 595 g/mol. The van der Waals surface area contributed by atoms with Crippen LogP contribution in [0.5, 0.6) is 0 Å². The van der Waals surface area contributed by atoms with E-state index in [1.807, 2.05) is 31.2 Å². The maximum Gasteiger partial charge on any atom is 0.433 e. The number of rotatable bonds is 8. The van der Waals surface area contributed by atoms with Gasteiger partial charge in [-0.3, -0.25) is 14.4 Å². The van der Waals surface area contributed by atoms with E-state index < -0.39 is 48.2 Å². The van der Waals surface area contributed by atoms with E-state index >= 15 is 0 Å². The van der Waals surface area contributed by atoms with Crippen LogP contribution in [0.2, 0.25) is 0 Å². The maximum atomic E-state index is 13.4. The van der Waals surface area contributed by atoms with Crippen molar-refractivity contribution in [3.8, 4) is 0 Å². The van der Waals surface area contributed by atoms with E-state index in [2.05, 4.69) is 15.1 Å². The van der Waals surface area contributed by atoms with Crippen molar-refractivity contribution in [3.05, 3.63) is 59.2 Å². The fraction of sp³-hybridized carbons (Fsp3) is 0.423. The van der Waals surface area contributed by atoms with Crippen LogP contribution in [0.25, 0.3) is 5.78 Å². The van der Waals surface area contributed by atoms with Crippen LogP contribution >= 0.6 is 0 Å². The zero-order chi connectivity index (χ0) is 31.2. The van der Waals surface area contributed by atoms with Gasteiger partial charge in [0, 0.05) is 24.7 Å². The van der Waals surface area contributed by atoms with Crippen LogP contribution in [0, 0.1) is 6.92 Å². The molecule has 4 N–H and O–H groups in total. The Morgan fingerprint density at radius 1 is 0.976 bits per heavy atom. The molecular formula is C26H28F3N5O8. The highest BCUT2D eigenvalue weighted by Crippen LogP contribution is 2.33. The molecular weight excluding hydrogens is 567 g/mol. The average Bonchev–Trinajstić information content (AvgIpc) is 3.37. The van der Waals surface area contributed by atoms with Gasteiger partial charge < -0.3 is 25.3 Å². The fourth-order valence-electron chi connectivity index (χ4n) is 4.37. The van der Waals surface area contributed by atoms with Crippen molar-refractivity contribution >= 4 is 29.6 Å². The van der Waals surface area contributed by atoms with Gasteiger partial charge in [-0.25, -0.2) is 9.78 Å². The highest BCUT2D eigenvalue weighted by Gasteiger charge is 2.41. The molecule has 2 aromatic heterocycles. The standard InChI is InChI=1S/C20H20F3N5O.C6H8O7/c1-13-2-4-14(5-3-13)10-18(29)27-8-6-15(7-9-27)16-11-17(20(21,22)23)28-19(26-16)24-12-25-28;7-3(8)1-6(13,5(11)12)2-4(9)10/h2-5,11-12,15H,6-10H2,1H3;13H,1-2H2,(H,7,8)(H,9,10)(H,11,12). The van der Waals surface area contributed by atoms with Gasteiger partial charge >= 0.3 is 24.1 Å². The second-order valence-corrected chi connectivity index (χ2v) is 9.83. The summed E-state index contributed by atoms with van der Waals surface area (Å²) in [6.45, 7) is 2.98. The van der Waals surface area contributed by atoms with Crippen LogP contribution in [0.15, 0.2) is 36.7 Å². The number of carbonyl (C=O) groups is 4. The molecule has 0 aliphatic carbocycles. The minimum atomic E-state index is -4.55. The molecule has 1 fully saturated rings. The zero-order valence-electron chi connectivity index (χ0n) is 22.3. The van der Waals surface area contributed by atoms with E-state index in [1.54, 1.807) is 4.90 Å². The molecule has 1 aliphatic rings. The van der Waals surface area contributed by atoms with Gasteiger partial charge in [-0.1, -0.05) is 29.8 Å². The summed E-state index contributed by atoms with van der Waals surface area (Å²) in [7, 11) is 0. The van der Waals surface area contributed by atoms with E-state index in [0.717, 1.165) is 23.5 Å². The number of aliphatic carboxylic acids is 3. The third-order valence-electron chi connectivity index (χ3n) is 6.59. The van der Waals surface area contributed by atoms with Crippen LogP contribution in [0.4, 0.5) is 13.2 Å². The number of carbonyl (C=O) groups excluding carboxylic acids is 1. The van der Waals surface area contributed by atoms with E-state index in [4.69, 9.17) is 20.4 Å². The minimum Gasteiger partial charge on any atom is -0.481 e. The smallest absolute Gasteiger partial charge is 0.433 e. The lowest BCUT2D eigenvalue weighted by atomic mass is 9.92. The molecule has 0 atom stereocenters. The van der Waals surface area contributed by atoms with E-state index in [0.29, 0.717) is 42.6 Å². The number of nitrogens with zero attached hydrogens (tertiary/aromatic N) is 5. The molecule has 3 aromatic rings. The molecule has 0 spiro atoms. The Morgan fingerprint density at radius 2 is 1.55 bits per heavy atom. The molecule has 1 amide bonds. The van der Waals surface area contributed by atoms with E-state index in [9.17, 15) is 32.3 Å². The normalized spacial score (nSPS) is 14.3. The summed E-state index contributed by atoms with van der Waals surface area (Å²) in [6.07, 6.45) is -4.32. The number of aliphatic hydroxyl groups is 1. The molecule has 0 unspecified atom stereocenters. The molecule has 13 nitrogen and oxygen atoms in total. The predicted molar refractivity (Wildman–Crippen MR) is 136 cm³/mol. The predicted octanol–water partition coefficient (Wildman–Crippen LogP) is 2.15. The number of carboxylic acids is 3. The summed E-state index contributed by atoms with van der Waals surface area (Å²) in [6, 6.07) is 8.88. The number of amides is 1. The third kappa shape index (κ3) is 8.22. The first-order valence-corrected chi connectivity index (χ1v) is 12.6. The van der Waals surface area contributed by atoms with Gasteiger partial charge in [-0.05, 0) is 31.4 Å². The molecule has 226 valence electrons. The summed E-state index contributed by atoms with van der Waals surface area (Å²) in [5.41, 5.74) is -1.18. The van der Waals surface area contributed by atoms with Crippen LogP contribution < -0.4 is 0 Å². The summed E-state index contributed by atoms with van der Waals surface area (Å²) < 4.78 is 40.8. The Labute approximate surface area is 236 Å². The van der Waals surface area contributed by atoms with Gasteiger partial charge in [0.15, 0.2) is 11.3 Å². The lowest BCUT2D eigenvalue weighted by Crippen LogP contribution is -2.42. The number of benzene rings is 1. The van der Waals surface area contributed by atoms with Gasteiger partial charge in [0.25, 0.3) is 5.78 Å². The van der Waals surface area contributed by atoms with Gasteiger partial charge in [-0.15, -0.1) is 0 Å². The van der Waals surface area contributed by atoms with Crippen molar-refractivity contribution in [1.29, 1.82) is 0 Å². The molecule has 3 heterocycles. The summed E-state index contributed by atoms with van der Waals surface area (Å²) in [5.74, 6) is -5.20. The second-order valence-electron chi connectivity index (χ2n) is 9.83. The number of fused-ring (bicyclic) bond motifs is 1. The minimum absolute atomic E-state index is 0.0316. The number of aromatic nitrogens is 4. The molecule has 0 saturated carbocycles. The SMILES string of the molecule is Cc1ccc(CC(=O)N2CCC(c3cc(C(F)(F)F)n4ncnc4n3)CC2)cc1.O=C(O)CC(O)(CC(=O)O)C(=O)O. The lowest BCUT2D eigenvalue weighted by Gasteiger charge is -2.32. The first kappa shape index (κ1) is 31.9. The number of halogens is 3. The molecule has 1 aliphatic heterocycles. The van der Waals surface area contributed by atoms with Gasteiger partial charge in [0.05, 0.1) is 19.3 Å². The van der Waals surface area contributed by atoms with Crippen molar-refractivity contribution in [2.45, 2.75) is 56.7 Å². The van der Waals surface area contributed by atoms with Crippen LogP contribution in [0.1, 0.15) is 54.1 Å². The highest BCUT2D eigenvalue weighted by molar-refractivity contribution is 5.88. The van der Waals surface area contributed by atoms with E-state index in [-0.39, 0.29) is 17.6 Å². The molecule has 0 bridgehead atoms. The third-order valence-corrected chi connectivity index (χ3v) is 6.59. The number of alkyl halides is 3. The molecule has 16 heteroatoms. The van der Waals surface area contributed by atoms with Crippen LogP contribution in [-0.4, -0.2) is 87.4 Å². The number of hydrogen-bond donors (Lipinski definition) is 4. The Morgan fingerprint density at radius 3 is 2.05 bits per heavy atom. The second kappa shape index (κ2) is 12.9. The molecule has 42 heavy (non-hydrogen) atoms. The number of likely N-dealkylation sites (tertiary alicyclic amines) is 1. The van der Waals surface area contributed by atoms with Crippen molar-refractivity contribution in [2.24, 2.45) is 0 Å². The number of piperidine rings is 1. The van der Waals surface area contributed by atoms with Gasteiger partial charge in [-0.2, -0.15) is 27.8 Å². The summed E-state index contributed by atoms with van der Waals surface area (Å²) in [4.78, 5) is 52.9. The maximum absolute atomic E-state index is 13.4. The van der Waals surface area contributed by atoms with Crippen LogP contribution in [-0.2, 0) is 31.8 Å². The highest BCUT2D eigenvalue weighted by atomic mass is 19.4. The largest absolute Gasteiger partial charge is 0.481 e. The Kier molecular flexibility index (Phi) is 9.83. The quantitative estimate of drug-likeness (QED) is 0.298. The summed E-state index contributed by atoms with van der Waals surface area (Å²) in [5, 5.41) is 37.4. The number of hydrogen-bond acceptors (Lipinski definition) is 8. The number of carboxylic acid groups (broad SMARTS) is 3. The summed E-state index contributed by atoms with van der Waals surface area (Å²) >= 11 is 0. The van der Waals surface area contributed by atoms with Crippen LogP contribution in [0.3, 0.4) is 0 Å². The average molecular weight is 596 g/mol. The van der Waals surface area contributed by atoms with Gasteiger partial charge in [0.2, 0.25) is 5.91 Å². The van der Waals surface area contributed by atoms with Crippen molar-refractivity contribution in [2.75, 3.05) is 13.1 Å². The molecule has 1 saturated heterocycles. The lowest BCUT2D eigenvalue weighted by molar-refractivity contribution is -0.170. The topological polar surface area (TPSA) is 196 Å². The number of aryl methyl sites for hydroxylation is 1. The molecule has 4 rings (SSSR count). The van der Waals surface area contributed by atoms with E-state index in [1.165, 1.54) is 0 Å². The van der Waals surface area contributed by atoms with Crippen molar-refractivity contribution < 1.29 is 52.8 Å². The zero-order valence-corrected chi connectivity index (χ0v) is 22.3. The van der Waals surface area contributed by atoms with Gasteiger partial charge in [0.1, 0.15) is 6.33 Å². The van der Waals surface area contributed by atoms with Crippen molar-refractivity contribution in [3.63, 3.8) is 0 Å². The van der Waals surface area contributed by atoms with Crippen molar-refractivity contribution in [1.82, 2.24) is 24.5 Å². The Hall–Kier alpha value is -4.60. The first-order valence-electron chi connectivity index (χ1n) is 12.6. The molecule has 0 radical (unpaired) electrons. The molecule has 1 aromatic carbocycles.